The molecule has 2 rings (SSSR count). The lowest BCUT2D eigenvalue weighted by Gasteiger charge is -2.15. The van der Waals surface area contributed by atoms with Crippen LogP contribution in [0.1, 0.15) is 17.2 Å². The molecule has 1 unspecified atom stereocenters. The van der Waals surface area contributed by atoms with Crippen molar-refractivity contribution in [1.29, 1.82) is 5.26 Å². The second-order valence-electron chi connectivity index (χ2n) is 4.28. The van der Waals surface area contributed by atoms with E-state index in [1.54, 1.807) is 7.11 Å². The number of methoxy groups -OCH3 is 1. The minimum Gasteiger partial charge on any atom is -0.496 e. The molecule has 0 aliphatic heterocycles. The molecule has 0 aromatic heterocycles. The predicted octanol–water partition coefficient (Wildman–Crippen LogP) is 3.70. The Morgan fingerprint density at radius 1 is 1.20 bits per heavy atom. The Morgan fingerprint density at radius 3 is 2.60 bits per heavy atom. The first-order valence-corrected chi connectivity index (χ1v) is 6.63. The minimum absolute atomic E-state index is 0.442. The molecule has 0 saturated carbocycles. The van der Waals surface area contributed by atoms with Crippen molar-refractivity contribution in [3.8, 4) is 11.8 Å². The van der Waals surface area contributed by atoms with Crippen LogP contribution >= 0.6 is 11.6 Å². The van der Waals surface area contributed by atoms with E-state index in [-0.39, 0.29) is 0 Å². The molecule has 20 heavy (non-hydrogen) atoms. The lowest BCUT2D eigenvalue weighted by molar-refractivity contribution is 0.405. The molecule has 0 aliphatic rings. The van der Waals surface area contributed by atoms with Crippen LogP contribution in [0.4, 0.5) is 0 Å². The van der Waals surface area contributed by atoms with E-state index in [4.69, 9.17) is 16.3 Å². The van der Waals surface area contributed by atoms with Gasteiger partial charge in [-0.1, -0.05) is 48.0 Å². The third-order valence-corrected chi connectivity index (χ3v) is 3.40. The van der Waals surface area contributed by atoms with Gasteiger partial charge >= 0.3 is 0 Å². The van der Waals surface area contributed by atoms with E-state index in [2.05, 4.69) is 11.4 Å². The number of nitriles is 1. The number of nitrogens with zero attached hydrogens (tertiary/aromatic N) is 1. The van der Waals surface area contributed by atoms with E-state index in [1.807, 2.05) is 48.5 Å². The Kier molecular flexibility index (Phi) is 5.00. The first-order chi connectivity index (χ1) is 9.76. The molecule has 0 bridgehead atoms. The van der Waals surface area contributed by atoms with Crippen LogP contribution in [0.25, 0.3) is 0 Å². The number of benzene rings is 2. The Morgan fingerprint density at radius 2 is 1.90 bits per heavy atom. The van der Waals surface area contributed by atoms with Gasteiger partial charge in [0.25, 0.3) is 0 Å². The van der Waals surface area contributed by atoms with Gasteiger partial charge in [0.1, 0.15) is 11.8 Å². The third-order valence-electron chi connectivity index (χ3n) is 3.03. The number of halogens is 1. The SMILES string of the molecule is COc1ccccc1C(C#N)NCc1ccccc1Cl. The van der Waals surface area contributed by atoms with Crippen molar-refractivity contribution in [2.24, 2.45) is 0 Å². The Hall–Kier alpha value is -2.02. The van der Waals surface area contributed by atoms with Gasteiger partial charge in [-0.3, -0.25) is 5.32 Å². The van der Waals surface area contributed by atoms with Crippen LogP contribution < -0.4 is 10.1 Å². The van der Waals surface area contributed by atoms with Crippen molar-refractivity contribution in [1.82, 2.24) is 5.32 Å². The highest BCUT2D eigenvalue weighted by molar-refractivity contribution is 6.31. The average Bonchev–Trinajstić information content (AvgIpc) is 2.50. The normalized spacial score (nSPS) is 11.7. The number of hydrogen-bond acceptors (Lipinski definition) is 3. The highest BCUT2D eigenvalue weighted by Gasteiger charge is 2.14. The first-order valence-electron chi connectivity index (χ1n) is 6.25. The summed E-state index contributed by atoms with van der Waals surface area (Å²) in [6.45, 7) is 0.524. The van der Waals surface area contributed by atoms with E-state index < -0.39 is 6.04 Å². The molecule has 1 N–H and O–H groups in total. The molecule has 0 heterocycles. The van der Waals surface area contributed by atoms with Crippen molar-refractivity contribution >= 4 is 11.6 Å². The number of nitrogens with one attached hydrogen (secondary N) is 1. The monoisotopic (exact) mass is 286 g/mol. The molecular formula is C16H15ClN2O. The molecule has 0 radical (unpaired) electrons. The minimum atomic E-state index is -0.442. The molecule has 0 fully saturated rings. The summed E-state index contributed by atoms with van der Waals surface area (Å²) in [6, 6.07) is 16.9. The molecule has 2 aromatic carbocycles. The van der Waals surface area contributed by atoms with Gasteiger partial charge in [0.15, 0.2) is 0 Å². The van der Waals surface area contributed by atoms with Crippen LogP contribution in [0.3, 0.4) is 0 Å². The number of rotatable bonds is 5. The van der Waals surface area contributed by atoms with Gasteiger partial charge in [-0.15, -0.1) is 0 Å². The molecule has 0 spiro atoms. The van der Waals surface area contributed by atoms with E-state index in [9.17, 15) is 5.26 Å². The lowest BCUT2D eigenvalue weighted by atomic mass is 10.1. The smallest absolute Gasteiger partial charge is 0.125 e. The first kappa shape index (κ1) is 14.4. The maximum absolute atomic E-state index is 9.35. The zero-order valence-electron chi connectivity index (χ0n) is 11.1. The van der Waals surface area contributed by atoms with Crippen molar-refractivity contribution in [2.45, 2.75) is 12.6 Å². The quantitative estimate of drug-likeness (QED) is 0.911. The van der Waals surface area contributed by atoms with Crippen LogP contribution in [0.2, 0.25) is 5.02 Å². The second kappa shape index (κ2) is 6.95. The predicted molar refractivity (Wildman–Crippen MR) is 79.6 cm³/mol. The fourth-order valence-corrected chi connectivity index (χ4v) is 2.19. The molecular weight excluding hydrogens is 272 g/mol. The Balaban J connectivity index is 2.14. The molecule has 3 nitrogen and oxygen atoms in total. The van der Waals surface area contributed by atoms with Crippen molar-refractivity contribution < 1.29 is 4.74 Å². The molecule has 2 aromatic rings. The summed E-state index contributed by atoms with van der Waals surface area (Å²) in [4.78, 5) is 0. The van der Waals surface area contributed by atoms with E-state index >= 15 is 0 Å². The molecule has 4 heteroatoms. The summed E-state index contributed by atoms with van der Waals surface area (Å²) < 4.78 is 5.29. The number of para-hydroxylation sites is 1. The highest BCUT2D eigenvalue weighted by atomic mass is 35.5. The van der Waals surface area contributed by atoms with Crippen molar-refractivity contribution in [3.63, 3.8) is 0 Å². The second-order valence-corrected chi connectivity index (χ2v) is 4.68. The summed E-state index contributed by atoms with van der Waals surface area (Å²) in [5.74, 6) is 0.700. The van der Waals surface area contributed by atoms with Crippen LogP contribution in [0.5, 0.6) is 5.75 Å². The van der Waals surface area contributed by atoms with Gasteiger partial charge in [0, 0.05) is 17.1 Å². The maximum Gasteiger partial charge on any atom is 0.125 e. The summed E-state index contributed by atoms with van der Waals surface area (Å²) in [7, 11) is 1.60. The van der Waals surface area contributed by atoms with E-state index in [1.165, 1.54) is 0 Å². The Bertz CT molecular complexity index is 622. The fraction of sp³-hybridized carbons (Fsp3) is 0.188. The summed E-state index contributed by atoms with van der Waals surface area (Å²) in [5.41, 5.74) is 1.79. The van der Waals surface area contributed by atoms with E-state index in [0.29, 0.717) is 17.3 Å². The van der Waals surface area contributed by atoms with Gasteiger partial charge in [-0.25, -0.2) is 0 Å². The van der Waals surface area contributed by atoms with Crippen LogP contribution in [0.15, 0.2) is 48.5 Å². The summed E-state index contributed by atoms with van der Waals surface area (Å²) in [6.07, 6.45) is 0. The largest absolute Gasteiger partial charge is 0.496 e. The van der Waals surface area contributed by atoms with Gasteiger partial charge in [-0.05, 0) is 17.7 Å². The zero-order valence-corrected chi connectivity index (χ0v) is 11.9. The lowest BCUT2D eigenvalue weighted by Crippen LogP contribution is -2.20. The molecule has 1 atom stereocenters. The maximum atomic E-state index is 9.35. The molecule has 0 saturated heterocycles. The number of hydrogen-bond donors (Lipinski definition) is 1. The summed E-state index contributed by atoms with van der Waals surface area (Å²) in [5, 5.41) is 13.2. The molecule has 102 valence electrons. The molecule has 0 aliphatic carbocycles. The fourth-order valence-electron chi connectivity index (χ4n) is 1.98. The van der Waals surface area contributed by atoms with Crippen molar-refractivity contribution in [2.75, 3.05) is 7.11 Å². The standard InChI is InChI=1S/C16H15ClN2O/c1-20-16-9-5-3-7-13(16)15(10-18)19-11-12-6-2-4-8-14(12)17/h2-9,15,19H,11H2,1H3. The van der Waals surface area contributed by atoms with Gasteiger partial charge in [0.05, 0.1) is 13.2 Å². The van der Waals surface area contributed by atoms with Crippen LogP contribution in [-0.2, 0) is 6.54 Å². The van der Waals surface area contributed by atoms with Crippen LogP contribution in [0, 0.1) is 11.3 Å². The zero-order chi connectivity index (χ0) is 14.4. The van der Waals surface area contributed by atoms with Gasteiger partial charge < -0.3 is 4.74 Å². The van der Waals surface area contributed by atoms with Crippen LogP contribution in [-0.4, -0.2) is 7.11 Å². The summed E-state index contributed by atoms with van der Waals surface area (Å²) >= 11 is 6.11. The number of ether oxygens (including phenoxy) is 1. The van der Waals surface area contributed by atoms with Gasteiger partial charge in [0.2, 0.25) is 0 Å². The van der Waals surface area contributed by atoms with Gasteiger partial charge in [-0.2, -0.15) is 5.26 Å². The van der Waals surface area contributed by atoms with E-state index in [0.717, 1.165) is 11.1 Å². The molecule has 0 amide bonds. The highest BCUT2D eigenvalue weighted by Crippen LogP contribution is 2.25. The van der Waals surface area contributed by atoms with Crippen molar-refractivity contribution in [3.05, 3.63) is 64.7 Å². The average molecular weight is 287 g/mol. The third kappa shape index (κ3) is 3.30. The Labute approximate surface area is 123 Å². The topological polar surface area (TPSA) is 45.0 Å².